The van der Waals surface area contributed by atoms with Crippen LogP contribution in [0, 0.1) is 0 Å². The fourth-order valence-electron chi connectivity index (χ4n) is 3.83. The van der Waals surface area contributed by atoms with Crippen LogP contribution in [0.4, 0.5) is 11.4 Å². The SMILES string of the molecule is Cn1ncc2ccc(Nc3c(C(N)=O)cnc4c(S(=O)(=O)c5ccccc5)cccc34)cc21. The lowest BCUT2D eigenvalue weighted by molar-refractivity contribution is 0.100. The molecule has 0 saturated heterocycles. The Balaban J connectivity index is 1.72. The molecule has 0 aliphatic rings. The molecule has 0 aliphatic carbocycles. The van der Waals surface area contributed by atoms with Crippen molar-refractivity contribution >= 4 is 48.9 Å². The second-order valence-corrected chi connectivity index (χ2v) is 9.46. The highest BCUT2D eigenvalue weighted by atomic mass is 32.2. The molecule has 5 rings (SSSR count). The molecule has 33 heavy (non-hydrogen) atoms. The van der Waals surface area contributed by atoms with E-state index in [4.69, 9.17) is 5.73 Å². The van der Waals surface area contributed by atoms with Crippen LogP contribution in [0.3, 0.4) is 0 Å². The number of carbonyl (C=O) groups is 1. The van der Waals surface area contributed by atoms with Crippen LogP contribution < -0.4 is 11.1 Å². The lowest BCUT2D eigenvalue weighted by Crippen LogP contribution is -2.14. The first-order valence-electron chi connectivity index (χ1n) is 10.1. The minimum absolute atomic E-state index is 0.0485. The number of primary amides is 1. The summed E-state index contributed by atoms with van der Waals surface area (Å²) >= 11 is 0. The van der Waals surface area contributed by atoms with Crippen LogP contribution in [0.2, 0.25) is 0 Å². The van der Waals surface area contributed by atoms with Gasteiger partial charge in [-0.15, -0.1) is 0 Å². The van der Waals surface area contributed by atoms with Crippen LogP contribution in [0.25, 0.3) is 21.8 Å². The van der Waals surface area contributed by atoms with Gasteiger partial charge in [0.25, 0.3) is 5.91 Å². The van der Waals surface area contributed by atoms with Crippen molar-refractivity contribution in [2.24, 2.45) is 12.8 Å². The molecule has 0 unspecified atom stereocenters. The van der Waals surface area contributed by atoms with Gasteiger partial charge in [-0.25, -0.2) is 8.42 Å². The van der Waals surface area contributed by atoms with Crippen molar-refractivity contribution in [1.82, 2.24) is 14.8 Å². The third-order valence-electron chi connectivity index (χ3n) is 5.49. The number of hydrogen-bond donors (Lipinski definition) is 2. The van der Waals surface area contributed by atoms with Gasteiger partial charge in [0.2, 0.25) is 9.84 Å². The lowest BCUT2D eigenvalue weighted by atomic mass is 10.1. The van der Waals surface area contributed by atoms with Gasteiger partial charge in [0.1, 0.15) is 0 Å². The van der Waals surface area contributed by atoms with Gasteiger partial charge in [-0.2, -0.15) is 5.10 Å². The summed E-state index contributed by atoms with van der Waals surface area (Å²) in [6.07, 6.45) is 3.07. The number of sulfone groups is 1. The Kier molecular flexibility index (Phi) is 4.83. The van der Waals surface area contributed by atoms with Gasteiger partial charge in [0.05, 0.1) is 38.3 Å². The number of nitrogens with one attached hydrogen (secondary N) is 1. The summed E-state index contributed by atoms with van der Waals surface area (Å²) in [6, 6.07) is 18.6. The predicted octanol–water partition coefficient (Wildman–Crippen LogP) is 3.80. The fourth-order valence-corrected chi connectivity index (χ4v) is 5.27. The van der Waals surface area contributed by atoms with Crippen LogP contribution >= 0.6 is 0 Å². The first-order valence-corrected chi connectivity index (χ1v) is 11.5. The molecule has 0 atom stereocenters. The Hall–Kier alpha value is -4.24. The number of anilines is 2. The third kappa shape index (κ3) is 3.48. The number of benzene rings is 3. The molecule has 8 nitrogen and oxygen atoms in total. The standard InChI is InChI=1S/C24H19N5O3S/c1-29-20-12-16(11-10-15(20)13-27-29)28-22-18-8-5-9-21(23(18)26-14-19(22)24(25)30)33(31,32)17-6-3-2-4-7-17/h2-14H,1H3,(H2,25,30)(H,26,28). The van der Waals surface area contributed by atoms with Crippen molar-refractivity contribution in [3.05, 3.63) is 84.7 Å². The molecule has 0 bridgehead atoms. The molecule has 9 heteroatoms. The maximum absolute atomic E-state index is 13.3. The van der Waals surface area contributed by atoms with Crippen LogP contribution in [0.5, 0.6) is 0 Å². The number of rotatable bonds is 5. The first kappa shape index (κ1) is 20.7. The average Bonchev–Trinajstić information content (AvgIpc) is 3.19. The second-order valence-electron chi connectivity index (χ2n) is 7.55. The fraction of sp³-hybridized carbons (Fsp3) is 0.0417. The van der Waals surface area contributed by atoms with E-state index in [1.165, 1.54) is 24.4 Å². The summed E-state index contributed by atoms with van der Waals surface area (Å²) in [4.78, 5) is 16.7. The molecule has 2 aromatic heterocycles. The molecule has 0 saturated carbocycles. The summed E-state index contributed by atoms with van der Waals surface area (Å²) in [5, 5.41) is 8.93. The minimum Gasteiger partial charge on any atom is -0.365 e. The first-order chi connectivity index (χ1) is 15.9. The molecule has 0 spiro atoms. The number of para-hydroxylation sites is 1. The highest BCUT2D eigenvalue weighted by molar-refractivity contribution is 7.91. The maximum Gasteiger partial charge on any atom is 0.252 e. The number of carbonyl (C=O) groups excluding carboxylic acids is 1. The number of pyridine rings is 1. The summed E-state index contributed by atoms with van der Waals surface area (Å²) in [5.74, 6) is -0.676. The molecule has 0 radical (unpaired) electrons. The minimum atomic E-state index is -3.83. The highest BCUT2D eigenvalue weighted by Gasteiger charge is 2.23. The Morgan fingerprint density at radius 1 is 1.00 bits per heavy atom. The van der Waals surface area contributed by atoms with E-state index in [2.05, 4.69) is 15.4 Å². The van der Waals surface area contributed by atoms with Gasteiger partial charge in [0.15, 0.2) is 0 Å². The quantitative estimate of drug-likeness (QED) is 0.414. The smallest absolute Gasteiger partial charge is 0.252 e. The maximum atomic E-state index is 13.3. The molecule has 164 valence electrons. The normalized spacial score (nSPS) is 11.7. The second kappa shape index (κ2) is 7.72. The highest BCUT2D eigenvalue weighted by Crippen LogP contribution is 2.34. The molecular formula is C24H19N5O3S. The molecule has 0 aliphatic heterocycles. The zero-order chi connectivity index (χ0) is 23.2. The third-order valence-corrected chi connectivity index (χ3v) is 7.29. The average molecular weight is 458 g/mol. The van der Waals surface area contributed by atoms with E-state index in [0.29, 0.717) is 16.8 Å². The van der Waals surface area contributed by atoms with E-state index < -0.39 is 15.7 Å². The van der Waals surface area contributed by atoms with Crippen molar-refractivity contribution in [2.45, 2.75) is 9.79 Å². The molecule has 1 amide bonds. The summed E-state index contributed by atoms with van der Waals surface area (Å²) < 4.78 is 28.4. The van der Waals surface area contributed by atoms with Crippen molar-refractivity contribution in [2.75, 3.05) is 5.32 Å². The zero-order valence-corrected chi connectivity index (χ0v) is 18.4. The Labute approximate surface area is 189 Å². The lowest BCUT2D eigenvalue weighted by Gasteiger charge is -2.15. The van der Waals surface area contributed by atoms with Gasteiger partial charge in [-0.05, 0) is 36.4 Å². The molecule has 2 heterocycles. The van der Waals surface area contributed by atoms with Gasteiger partial charge in [-0.1, -0.05) is 30.3 Å². The molecule has 5 aromatic rings. The van der Waals surface area contributed by atoms with E-state index in [0.717, 1.165) is 10.9 Å². The number of aromatic nitrogens is 3. The molecule has 3 N–H and O–H groups in total. The summed E-state index contributed by atoms with van der Waals surface area (Å²) in [5.41, 5.74) is 8.00. The Morgan fingerprint density at radius 3 is 2.55 bits per heavy atom. The van der Waals surface area contributed by atoms with Crippen molar-refractivity contribution in [1.29, 1.82) is 0 Å². The van der Waals surface area contributed by atoms with Gasteiger partial charge in [-0.3, -0.25) is 14.5 Å². The molecular weight excluding hydrogens is 438 g/mol. The Morgan fingerprint density at radius 2 is 1.79 bits per heavy atom. The number of hydrogen-bond acceptors (Lipinski definition) is 6. The topological polar surface area (TPSA) is 120 Å². The number of amides is 1. The van der Waals surface area contributed by atoms with E-state index in [1.54, 1.807) is 41.2 Å². The largest absolute Gasteiger partial charge is 0.365 e. The number of nitrogens with two attached hydrogens (primary N) is 1. The zero-order valence-electron chi connectivity index (χ0n) is 17.6. The van der Waals surface area contributed by atoms with Crippen molar-refractivity contribution in [3.63, 3.8) is 0 Å². The van der Waals surface area contributed by atoms with Crippen LogP contribution in [-0.2, 0) is 16.9 Å². The van der Waals surface area contributed by atoms with Crippen molar-refractivity contribution < 1.29 is 13.2 Å². The Bertz CT molecular complexity index is 1640. The summed E-state index contributed by atoms with van der Waals surface area (Å²) in [6.45, 7) is 0. The van der Waals surface area contributed by atoms with E-state index in [9.17, 15) is 13.2 Å². The van der Waals surface area contributed by atoms with E-state index >= 15 is 0 Å². The number of aryl methyl sites for hydroxylation is 1. The van der Waals surface area contributed by atoms with E-state index in [-0.39, 0.29) is 20.9 Å². The molecule has 0 fully saturated rings. The monoisotopic (exact) mass is 457 g/mol. The van der Waals surface area contributed by atoms with E-state index in [1.807, 2.05) is 25.2 Å². The van der Waals surface area contributed by atoms with Gasteiger partial charge >= 0.3 is 0 Å². The predicted molar refractivity (Wildman–Crippen MR) is 126 cm³/mol. The molecule has 3 aromatic carbocycles. The summed E-state index contributed by atoms with van der Waals surface area (Å²) in [7, 11) is -2.00. The van der Waals surface area contributed by atoms with Gasteiger partial charge < -0.3 is 11.1 Å². The van der Waals surface area contributed by atoms with Crippen LogP contribution in [0.1, 0.15) is 10.4 Å². The van der Waals surface area contributed by atoms with Crippen LogP contribution in [0.15, 0.2) is 88.9 Å². The van der Waals surface area contributed by atoms with Crippen molar-refractivity contribution in [3.8, 4) is 0 Å². The van der Waals surface area contributed by atoms with Crippen LogP contribution in [-0.4, -0.2) is 29.1 Å². The number of fused-ring (bicyclic) bond motifs is 2. The van der Waals surface area contributed by atoms with Gasteiger partial charge in [0, 0.05) is 29.7 Å². The number of nitrogens with zero attached hydrogens (tertiary/aromatic N) is 3.